The van der Waals surface area contributed by atoms with Crippen molar-refractivity contribution in [3.8, 4) is 11.4 Å². The summed E-state index contributed by atoms with van der Waals surface area (Å²) in [4.78, 5) is 27.0. The number of carbonyl (C=O) groups is 2. The van der Waals surface area contributed by atoms with Crippen LogP contribution in [0.5, 0.6) is 5.75 Å². The third-order valence-electron chi connectivity index (χ3n) is 5.61. The summed E-state index contributed by atoms with van der Waals surface area (Å²) in [6.45, 7) is 2.56. The Balaban J connectivity index is 1.50. The smallest absolute Gasteiger partial charge is 0.328 e. The van der Waals surface area contributed by atoms with Crippen LogP contribution in [0.2, 0.25) is 0 Å². The minimum Gasteiger partial charge on any atom is -0.483 e. The van der Waals surface area contributed by atoms with Gasteiger partial charge in [0.15, 0.2) is 22.5 Å². The Kier molecular flexibility index (Phi) is 8.36. The van der Waals surface area contributed by atoms with E-state index < -0.39 is 11.9 Å². The molecule has 1 aromatic heterocycles. The van der Waals surface area contributed by atoms with Crippen molar-refractivity contribution in [1.29, 1.82) is 0 Å². The Morgan fingerprint density at radius 3 is 2.63 bits per heavy atom. The molecule has 1 atom stereocenters. The lowest BCUT2D eigenvalue weighted by Gasteiger charge is -2.33. The molecule has 2 heterocycles. The predicted octanol–water partition coefficient (Wildman–Crippen LogP) is 4.02. The summed E-state index contributed by atoms with van der Waals surface area (Å²) >= 11 is 1.23. The number of piperidine rings is 1. The van der Waals surface area contributed by atoms with Gasteiger partial charge < -0.3 is 14.4 Å². The van der Waals surface area contributed by atoms with Crippen LogP contribution in [0.1, 0.15) is 32.0 Å². The van der Waals surface area contributed by atoms with Gasteiger partial charge in [-0.25, -0.2) is 9.18 Å². The van der Waals surface area contributed by atoms with Crippen LogP contribution >= 0.6 is 11.8 Å². The second kappa shape index (κ2) is 11.8. The third kappa shape index (κ3) is 6.00. The molecule has 35 heavy (non-hydrogen) atoms. The van der Waals surface area contributed by atoms with Crippen molar-refractivity contribution in [1.82, 2.24) is 19.7 Å². The molecule has 1 aliphatic rings. The van der Waals surface area contributed by atoms with Gasteiger partial charge in [0.1, 0.15) is 12.6 Å². The summed E-state index contributed by atoms with van der Waals surface area (Å²) in [5.74, 6) is -0.290. The molecule has 0 aliphatic carbocycles. The number of carbonyl (C=O) groups excluding carboxylic acids is 2. The van der Waals surface area contributed by atoms with Crippen molar-refractivity contribution in [3.05, 3.63) is 66.2 Å². The molecule has 0 saturated carbocycles. The number of esters is 1. The van der Waals surface area contributed by atoms with Crippen molar-refractivity contribution >= 4 is 23.6 Å². The predicted molar refractivity (Wildman–Crippen MR) is 129 cm³/mol. The maximum absolute atomic E-state index is 14.0. The number of para-hydroxylation sites is 2. The Morgan fingerprint density at radius 1 is 1.09 bits per heavy atom. The molecule has 0 spiro atoms. The molecule has 2 aromatic carbocycles. The summed E-state index contributed by atoms with van der Waals surface area (Å²) in [6.07, 6.45) is 2.34. The van der Waals surface area contributed by atoms with E-state index in [0.29, 0.717) is 23.9 Å². The first-order valence-corrected chi connectivity index (χ1v) is 12.5. The lowest BCUT2D eigenvalue weighted by molar-refractivity contribution is -0.155. The van der Waals surface area contributed by atoms with Crippen LogP contribution in [0.4, 0.5) is 4.39 Å². The second-order valence-corrected chi connectivity index (χ2v) is 8.87. The first kappa shape index (κ1) is 24.7. The first-order valence-electron chi connectivity index (χ1n) is 11.5. The van der Waals surface area contributed by atoms with Gasteiger partial charge in [0.2, 0.25) is 5.91 Å². The number of likely N-dealkylation sites (tertiary alicyclic amines) is 1. The molecule has 0 bridgehead atoms. The molecule has 1 saturated heterocycles. The van der Waals surface area contributed by atoms with E-state index in [4.69, 9.17) is 9.47 Å². The number of rotatable bonds is 9. The Morgan fingerprint density at radius 2 is 1.86 bits per heavy atom. The molecule has 184 valence electrons. The van der Waals surface area contributed by atoms with Crippen LogP contribution in [0.25, 0.3) is 5.69 Å². The van der Waals surface area contributed by atoms with E-state index in [1.165, 1.54) is 17.8 Å². The van der Waals surface area contributed by atoms with Crippen LogP contribution in [0, 0.1) is 5.82 Å². The lowest BCUT2D eigenvalue weighted by atomic mass is 10.0. The van der Waals surface area contributed by atoms with Gasteiger partial charge in [-0.2, -0.15) is 0 Å². The number of benzene rings is 2. The van der Waals surface area contributed by atoms with Crippen LogP contribution in [-0.2, 0) is 20.9 Å². The highest BCUT2D eigenvalue weighted by atomic mass is 32.2. The number of ether oxygens (including phenoxy) is 2. The van der Waals surface area contributed by atoms with Gasteiger partial charge in [-0.05, 0) is 50.5 Å². The number of thioether (sulfide) groups is 1. The van der Waals surface area contributed by atoms with Crippen molar-refractivity contribution in [2.45, 2.75) is 44.0 Å². The third-order valence-corrected chi connectivity index (χ3v) is 6.53. The van der Waals surface area contributed by atoms with Crippen molar-refractivity contribution in [2.24, 2.45) is 0 Å². The number of hydrogen-bond donors (Lipinski definition) is 0. The highest BCUT2D eigenvalue weighted by Gasteiger charge is 2.33. The average Bonchev–Trinajstić information content (AvgIpc) is 3.30. The minimum absolute atomic E-state index is 0.00556. The van der Waals surface area contributed by atoms with Gasteiger partial charge >= 0.3 is 5.97 Å². The monoisotopic (exact) mass is 498 g/mol. The highest BCUT2D eigenvalue weighted by molar-refractivity contribution is 7.99. The maximum Gasteiger partial charge on any atom is 0.328 e. The van der Waals surface area contributed by atoms with Crippen LogP contribution in [-0.4, -0.2) is 56.5 Å². The second-order valence-electron chi connectivity index (χ2n) is 7.93. The molecule has 10 heteroatoms. The van der Waals surface area contributed by atoms with Crippen LogP contribution in [0.15, 0.2) is 59.8 Å². The van der Waals surface area contributed by atoms with E-state index in [2.05, 4.69) is 10.2 Å². The summed E-state index contributed by atoms with van der Waals surface area (Å²) < 4.78 is 26.6. The molecule has 0 radical (unpaired) electrons. The molecule has 1 aliphatic heterocycles. The normalized spacial score (nSPS) is 15.6. The van der Waals surface area contributed by atoms with Crippen LogP contribution < -0.4 is 4.74 Å². The van der Waals surface area contributed by atoms with E-state index >= 15 is 0 Å². The summed E-state index contributed by atoms with van der Waals surface area (Å²) in [6, 6.07) is 15.1. The van der Waals surface area contributed by atoms with E-state index in [0.717, 1.165) is 18.5 Å². The highest BCUT2D eigenvalue weighted by Crippen LogP contribution is 2.26. The molecule has 1 fully saturated rings. The van der Waals surface area contributed by atoms with Gasteiger partial charge in [0.25, 0.3) is 0 Å². The molecule has 8 nitrogen and oxygen atoms in total. The Hall–Kier alpha value is -3.40. The van der Waals surface area contributed by atoms with E-state index in [9.17, 15) is 14.0 Å². The quantitative estimate of drug-likeness (QED) is 0.325. The van der Waals surface area contributed by atoms with Crippen molar-refractivity contribution in [3.63, 3.8) is 0 Å². The Labute approximate surface area is 207 Å². The van der Waals surface area contributed by atoms with Crippen LogP contribution in [0.3, 0.4) is 0 Å². The van der Waals surface area contributed by atoms with Gasteiger partial charge in [-0.3, -0.25) is 9.36 Å². The van der Waals surface area contributed by atoms with Gasteiger partial charge in [-0.15, -0.1) is 10.2 Å². The zero-order chi connectivity index (χ0) is 24.6. The van der Waals surface area contributed by atoms with E-state index in [-0.39, 0.29) is 36.6 Å². The fourth-order valence-electron chi connectivity index (χ4n) is 3.95. The van der Waals surface area contributed by atoms with Gasteiger partial charge in [0, 0.05) is 12.2 Å². The fourth-order valence-corrected chi connectivity index (χ4v) is 4.81. The number of nitrogens with zero attached hydrogens (tertiary/aromatic N) is 4. The van der Waals surface area contributed by atoms with E-state index in [1.807, 2.05) is 30.3 Å². The zero-order valence-electron chi connectivity index (χ0n) is 19.4. The molecule has 3 aromatic rings. The first-order chi connectivity index (χ1) is 17.1. The number of aromatic nitrogens is 3. The van der Waals surface area contributed by atoms with Gasteiger partial charge in [0.05, 0.1) is 12.4 Å². The summed E-state index contributed by atoms with van der Waals surface area (Å²) in [5, 5.41) is 9.01. The molecule has 0 N–H and O–H groups in total. The molecule has 1 amide bonds. The zero-order valence-corrected chi connectivity index (χ0v) is 20.2. The fraction of sp³-hybridized carbons (Fsp3) is 0.360. The summed E-state index contributed by atoms with van der Waals surface area (Å²) in [5.41, 5.74) is 0.793. The SMILES string of the molecule is CCOC(=O)C1CCCCN1C(=O)CSc1nnc(COc2ccccc2F)n1-c1ccccc1. The maximum atomic E-state index is 14.0. The average molecular weight is 499 g/mol. The topological polar surface area (TPSA) is 86.6 Å². The number of amides is 1. The van der Waals surface area contributed by atoms with Crippen molar-refractivity contribution < 1.29 is 23.5 Å². The van der Waals surface area contributed by atoms with Crippen molar-refractivity contribution in [2.75, 3.05) is 18.9 Å². The number of halogens is 1. The van der Waals surface area contributed by atoms with Gasteiger partial charge in [-0.1, -0.05) is 42.1 Å². The largest absolute Gasteiger partial charge is 0.483 e. The molecule has 1 unspecified atom stereocenters. The minimum atomic E-state index is -0.548. The standard InChI is InChI=1S/C25H27FN4O4S/c1-2-33-24(32)20-13-8-9-15-29(20)23(31)17-35-25-28-27-22(30(25)18-10-4-3-5-11-18)16-34-21-14-7-6-12-19(21)26/h3-7,10-12,14,20H,2,8-9,13,15-17H2,1H3. The molecule has 4 rings (SSSR count). The lowest BCUT2D eigenvalue weighted by Crippen LogP contribution is -2.49. The number of hydrogen-bond acceptors (Lipinski definition) is 7. The Bertz CT molecular complexity index is 1160. The molecular weight excluding hydrogens is 471 g/mol. The van der Waals surface area contributed by atoms with E-state index in [1.54, 1.807) is 34.6 Å². The molecular formula is C25H27FN4O4S. The summed E-state index contributed by atoms with van der Waals surface area (Å²) in [7, 11) is 0.